The third kappa shape index (κ3) is 4.69. The molecule has 0 heterocycles. The summed E-state index contributed by atoms with van der Waals surface area (Å²) in [7, 11) is -2.81. The summed E-state index contributed by atoms with van der Waals surface area (Å²) >= 11 is 0. The molecule has 1 aromatic carbocycles. The Morgan fingerprint density at radius 3 is 2.38 bits per heavy atom. The van der Waals surface area contributed by atoms with Crippen LogP contribution in [0.1, 0.15) is 31.4 Å². The van der Waals surface area contributed by atoms with E-state index in [0.717, 1.165) is 16.4 Å². The van der Waals surface area contributed by atoms with Gasteiger partial charge in [-0.05, 0) is 30.5 Å². The first kappa shape index (κ1) is 20.4. The van der Waals surface area contributed by atoms with Gasteiger partial charge >= 0.3 is 6.18 Å². The normalized spacial score (nSPS) is 14.0. The van der Waals surface area contributed by atoms with Crippen LogP contribution in [0.4, 0.5) is 13.2 Å². The molecule has 1 aromatic rings. The molecule has 0 aromatic heterocycles. The molecule has 9 heteroatoms. The fraction of sp³-hybridized carbons (Fsp3) is 0.533. The molecule has 1 unspecified atom stereocenters. The van der Waals surface area contributed by atoms with Gasteiger partial charge in [0.05, 0.1) is 22.1 Å². The summed E-state index contributed by atoms with van der Waals surface area (Å²) in [6.07, 6.45) is -4.43. The van der Waals surface area contributed by atoms with E-state index in [4.69, 9.17) is 11.0 Å². The van der Waals surface area contributed by atoms with Gasteiger partial charge in [0.15, 0.2) is 0 Å². The summed E-state index contributed by atoms with van der Waals surface area (Å²) in [6, 6.07) is 3.56. The minimum atomic E-state index is -4.81. The fourth-order valence-corrected chi connectivity index (χ4v) is 3.19. The van der Waals surface area contributed by atoms with E-state index in [1.807, 2.05) is 13.8 Å². The van der Waals surface area contributed by atoms with Crippen LogP contribution in [0, 0.1) is 17.2 Å². The van der Waals surface area contributed by atoms with Gasteiger partial charge in [-0.2, -0.15) is 18.4 Å². The Balaban J connectivity index is 3.13. The van der Waals surface area contributed by atoms with Crippen LogP contribution in [0.25, 0.3) is 0 Å². The molecule has 0 aliphatic heterocycles. The highest BCUT2D eigenvalue weighted by molar-refractivity contribution is 7.89. The zero-order chi connectivity index (χ0) is 18.7. The smallest absolute Gasteiger partial charge is 0.327 e. The number of halogens is 3. The highest BCUT2D eigenvalue weighted by atomic mass is 32.2. The average molecular weight is 363 g/mol. The molecule has 24 heavy (non-hydrogen) atoms. The lowest BCUT2D eigenvalue weighted by Crippen LogP contribution is -2.34. The Hall–Kier alpha value is -1.63. The lowest BCUT2D eigenvalue weighted by atomic mass is 10.0. The molecule has 0 amide bonds. The lowest BCUT2D eigenvalue weighted by Gasteiger charge is -2.21. The van der Waals surface area contributed by atoms with Crippen LogP contribution in [0.3, 0.4) is 0 Å². The number of hydrogen-bond acceptors (Lipinski definition) is 4. The van der Waals surface area contributed by atoms with Gasteiger partial charge in [0.1, 0.15) is 0 Å². The van der Waals surface area contributed by atoms with Crippen LogP contribution in [-0.2, 0) is 16.2 Å². The van der Waals surface area contributed by atoms with Gasteiger partial charge in [-0.15, -0.1) is 0 Å². The van der Waals surface area contributed by atoms with Crippen molar-refractivity contribution in [3.05, 3.63) is 29.3 Å². The van der Waals surface area contributed by atoms with Crippen molar-refractivity contribution in [1.29, 1.82) is 5.26 Å². The van der Waals surface area contributed by atoms with Gasteiger partial charge in [0.2, 0.25) is 10.0 Å². The highest BCUT2D eigenvalue weighted by Crippen LogP contribution is 2.33. The first-order chi connectivity index (χ1) is 10.9. The summed E-state index contributed by atoms with van der Waals surface area (Å²) in [6.45, 7) is 3.88. The lowest BCUT2D eigenvalue weighted by molar-refractivity contribution is -0.137. The first-order valence-electron chi connectivity index (χ1n) is 7.24. The Morgan fingerprint density at radius 1 is 1.33 bits per heavy atom. The van der Waals surface area contributed by atoms with Crippen molar-refractivity contribution in [1.82, 2.24) is 4.31 Å². The number of alkyl halides is 3. The standard InChI is InChI=1S/C15H20F3N3O2S/c1-10(2)14(20)6-7-21(3)24(22,23)12-5-4-11(9-19)13(8-12)15(16,17)18/h4-5,8,10,14H,6-7,20H2,1-3H3. The quantitative estimate of drug-likeness (QED) is 0.841. The molecule has 1 atom stereocenters. The largest absolute Gasteiger partial charge is 0.417 e. The summed E-state index contributed by atoms with van der Waals surface area (Å²) < 4.78 is 64.7. The van der Waals surface area contributed by atoms with Crippen LogP contribution in [0.5, 0.6) is 0 Å². The molecular weight excluding hydrogens is 343 g/mol. The Bertz CT molecular complexity index is 724. The van der Waals surface area contributed by atoms with Crippen molar-refractivity contribution in [2.75, 3.05) is 13.6 Å². The first-order valence-corrected chi connectivity index (χ1v) is 8.68. The van der Waals surface area contributed by atoms with Gasteiger partial charge in [0.25, 0.3) is 0 Å². The van der Waals surface area contributed by atoms with E-state index in [2.05, 4.69) is 0 Å². The molecular formula is C15H20F3N3O2S. The van der Waals surface area contributed by atoms with Crippen LogP contribution in [0.2, 0.25) is 0 Å². The predicted octanol–water partition coefficient (Wildman–Crippen LogP) is 2.57. The van der Waals surface area contributed by atoms with E-state index >= 15 is 0 Å². The van der Waals surface area contributed by atoms with Crippen molar-refractivity contribution in [3.8, 4) is 6.07 Å². The number of nitrogens with zero attached hydrogens (tertiary/aromatic N) is 2. The predicted molar refractivity (Wildman–Crippen MR) is 83.4 cm³/mol. The van der Waals surface area contributed by atoms with Crippen molar-refractivity contribution in [3.63, 3.8) is 0 Å². The summed E-state index contributed by atoms with van der Waals surface area (Å²) in [4.78, 5) is -0.505. The van der Waals surface area contributed by atoms with Crippen molar-refractivity contribution < 1.29 is 21.6 Å². The maximum absolute atomic E-state index is 13.0. The maximum atomic E-state index is 13.0. The Morgan fingerprint density at radius 2 is 1.92 bits per heavy atom. The number of hydrogen-bond donors (Lipinski definition) is 1. The van der Waals surface area contributed by atoms with Gasteiger partial charge in [-0.1, -0.05) is 13.8 Å². The molecule has 0 radical (unpaired) electrons. The number of benzene rings is 1. The van der Waals surface area contributed by atoms with E-state index in [1.165, 1.54) is 13.1 Å². The molecule has 0 spiro atoms. The second kappa shape index (κ2) is 7.51. The molecule has 0 saturated carbocycles. The highest BCUT2D eigenvalue weighted by Gasteiger charge is 2.35. The van der Waals surface area contributed by atoms with Crippen LogP contribution in [0.15, 0.2) is 23.1 Å². The second-order valence-electron chi connectivity index (χ2n) is 5.84. The zero-order valence-electron chi connectivity index (χ0n) is 13.6. The Labute approximate surface area is 139 Å². The molecule has 0 saturated heterocycles. The van der Waals surface area contributed by atoms with Crippen LogP contribution >= 0.6 is 0 Å². The van der Waals surface area contributed by atoms with Crippen molar-refractivity contribution >= 4 is 10.0 Å². The van der Waals surface area contributed by atoms with Gasteiger partial charge in [-0.25, -0.2) is 12.7 Å². The minimum absolute atomic E-state index is 0.0863. The molecule has 2 N–H and O–H groups in total. The van der Waals surface area contributed by atoms with Crippen LogP contribution in [-0.4, -0.2) is 32.4 Å². The van der Waals surface area contributed by atoms with Crippen molar-refractivity contribution in [2.24, 2.45) is 11.7 Å². The van der Waals surface area contributed by atoms with Gasteiger partial charge < -0.3 is 5.73 Å². The number of rotatable bonds is 6. The van der Waals surface area contributed by atoms with E-state index in [0.29, 0.717) is 12.5 Å². The number of sulfonamides is 1. The van der Waals surface area contributed by atoms with Crippen LogP contribution < -0.4 is 5.73 Å². The molecule has 0 fully saturated rings. The fourth-order valence-electron chi connectivity index (χ4n) is 1.98. The maximum Gasteiger partial charge on any atom is 0.417 e. The van der Waals surface area contributed by atoms with E-state index in [-0.39, 0.29) is 18.5 Å². The Kier molecular flexibility index (Phi) is 6.38. The second-order valence-corrected chi connectivity index (χ2v) is 7.88. The SMILES string of the molecule is CC(C)C(N)CCN(C)S(=O)(=O)c1ccc(C#N)c(C(F)(F)F)c1. The molecule has 0 bridgehead atoms. The van der Waals surface area contributed by atoms with Gasteiger partial charge in [-0.3, -0.25) is 0 Å². The summed E-state index contributed by atoms with van der Waals surface area (Å²) in [5.74, 6) is 0.160. The molecule has 5 nitrogen and oxygen atoms in total. The summed E-state index contributed by atoms with van der Waals surface area (Å²) in [5.41, 5.74) is 3.97. The molecule has 134 valence electrons. The monoisotopic (exact) mass is 363 g/mol. The molecule has 1 rings (SSSR count). The zero-order valence-corrected chi connectivity index (χ0v) is 14.4. The van der Waals surface area contributed by atoms with E-state index in [1.54, 1.807) is 0 Å². The molecule has 0 aliphatic rings. The van der Waals surface area contributed by atoms with Gasteiger partial charge in [0, 0.05) is 19.6 Å². The third-order valence-electron chi connectivity index (χ3n) is 3.76. The summed E-state index contributed by atoms with van der Waals surface area (Å²) in [5, 5.41) is 8.76. The average Bonchev–Trinajstić information content (AvgIpc) is 2.50. The van der Waals surface area contributed by atoms with Crippen molar-refractivity contribution in [2.45, 2.75) is 37.4 Å². The van der Waals surface area contributed by atoms with E-state index < -0.39 is 32.2 Å². The minimum Gasteiger partial charge on any atom is -0.327 e. The third-order valence-corrected chi connectivity index (χ3v) is 5.61. The van der Waals surface area contributed by atoms with E-state index in [9.17, 15) is 21.6 Å². The number of nitriles is 1. The number of nitrogens with two attached hydrogens (primary N) is 1. The topological polar surface area (TPSA) is 87.2 Å². The molecule has 0 aliphatic carbocycles.